The average molecular weight is 312 g/mol. The predicted octanol–water partition coefficient (Wildman–Crippen LogP) is 4.96. The fraction of sp³-hybridized carbons (Fsp3) is 0.200. The van der Waals surface area contributed by atoms with E-state index in [1.165, 1.54) is 4.90 Å². The third-order valence-corrected chi connectivity index (χ3v) is 4.34. The third-order valence-electron chi connectivity index (χ3n) is 2.99. The van der Waals surface area contributed by atoms with Gasteiger partial charge in [0.05, 0.1) is 0 Å². The van der Waals surface area contributed by atoms with Crippen molar-refractivity contribution in [3.63, 3.8) is 0 Å². The maximum atomic E-state index is 6.23. The van der Waals surface area contributed by atoms with Crippen molar-refractivity contribution >= 4 is 35.0 Å². The first-order valence-corrected chi connectivity index (χ1v) is 7.91. The lowest BCUT2D eigenvalue weighted by Gasteiger charge is -2.14. The van der Waals surface area contributed by atoms with Gasteiger partial charge in [0.2, 0.25) is 0 Å². The molecule has 0 fully saturated rings. The molecule has 0 heterocycles. The van der Waals surface area contributed by atoms with E-state index >= 15 is 0 Å². The molecular weight excluding hydrogens is 297 g/mol. The minimum absolute atomic E-state index is 0.0770. The molecule has 1 atom stereocenters. The van der Waals surface area contributed by atoms with E-state index < -0.39 is 0 Å². The van der Waals surface area contributed by atoms with Gasteiger partial charge in [0, 0.05) is 21.0 Å². The van der Waals surface area contributed by atoms with Gasteiger partial charge in [-0.25, -0.2) is 0 Å². The summed E-state index contributed by atoms with van der Waals surface area (Å²) in [6, 6.07) is 13.7. The molecule has 2 N–H and O–H groups in total. The van der Waals surface area contributed by atoms with Gasteiger partial charge >= 0.3 is 0 Å². The highest BCUT2D eigenvalue weighted by atomic mass is 35.5. The smallest absolute Gasteiger partial charge is 0.0439 e. The topological polar surface area (TPSA) is 26.0 Å². The van der Waals surface area contributed by atoms with Crippen LogP contribution in [-0.4, -0.2) is 6.26 Å². The Morgan fingerprint density at radius 2 is 1.79 bits per heavy atom. The minimum Gasteiger partial charge on any atom is -0.324 e. The molecule has 0 aliphatic heterocycles. The fourth-order valence-corrected chi connectivity index (χ4v) is 2.70. The minimum atomic E-state index is -0.0770. The lowest BCUT2D eigenvalue weighted by Crippen LogP contribution is -2.13. The van der Waals surface area contributed by atoms with Crippen molar-refractivity contribution in [2.75, 3.05) is 6.26 Å². The van der Waals surface area contributed by atoms with Crippen LogP contribution in [0.4, 0.5) is 0 Å². The quantitative estimate of drug-likeness (QED) is 0.808. The van der Waals surface area contributed by atoms with Gasteiger partial charge in [0.25, 0.3) is 0 Å². The second-order valence-corrected chi connectivity index (χ2v) is 6.04. The zero-order chi connectivity index (χ0) is 13.8. The van der Waals surface area contributed by atoms with E-state index in [9.17, 15) is 0 Å². The summed E-state index contributed by atoms with van der Waals surface area (Å²) >= 11 is 13.9. The Bertz CT molecular complexity index is 555. The molecule has 0 spiro atoms. The van der Waals surface area contributed by atoms with Crippen LogP contribution in [0.1, 0.15) is 17.2 Å². The Balaban J connectivity index is 2.15. The van der Waals surface area contributed by atoms with Crippen molar-refractivity contribution in [2.24, 2.45) is 5.73 Å². The van der Waals surface area contributed by atoms with Crippen LogP contribution in [0.2, 0.25) is 10.0 Å². The largest absolute Gasteiger partial charge is 0.324 e. The summed E-state index contributed by atoms with van der Waals surface area (Å²) in [5.41, 5.74) is 8.32. The second-order valence-electron chi connectivity index (χ2n) is 4.32. The molecule has 0 amide bonds. The van der Waals surface area contributed by atoms with E-state index in [1.54, 1.807) is 17.8 Å². The Morgan fingerprint density at radius 3 is 2.42 bits per heavy atom. The molecule has 0 aliphatic carbocycles. The normalized spacial score (nSPS) is 12.4. The lowest BCUT2D eigenvalue weighted by atomic mass is 10.00. The summed E-state index contributed by atoms with van der Waals surface area (Å²) in [7, 11) is 0. The van der Waals surface area contributed by atoms with Crippen molar-refractivity contribution in [3.05, 3.63) is 63.6 Å². The standard InChI is InChI=1S/C15H15Cl2NS/c1-19-13-5-2-10(3-6-13)15(18)9-11-8-12(16)4-7-14(11)17/h2-8,15H,9,18H2,1H3. The highest BCUT2D eigenvalue weighted by Crippen LogP contribution is 2.26. The molecule has 2 rings (SSSR count). The van der Waals surface area contributed by atoms with Gasteiger partial charge in [-0.3, -0.25) is 0 Å². The third kappa shape index (κ3) is 3.90. The summed E-state index contributed by atoms with van der Waals surface area (Å²) in [4.78, 5) is 1.23. The van der Waals surface area contributed by atoms with Crippen LogP contribution in [0.25, 0.3) is 0 Å². The van der Waals surface area contributed by atoms with Crippen LogP contribution in [-0.2, 0) is 6.42 Å². The molecule has 100 valence electrons. The van der Waals surface area contributed by atoms with Gasteiger partial charge in [0.15, 0.2) is 0 Å². The van der Waals surface area contributed by atoms with E-state index in [0.717, 1.165) is 11.1 Å². The van der Waals surface area contributed by atoms with Crippen LogP contribution < -0.4 is 5.73 Å². The molecule has 4 heteroatoms. The van der Waals surface area contributed by atoms with Crippen LogP contribution >= 0.6 is 35.0 Å². The van der Waals surface area contributed by atoms with Crippen LogP contribution in [0.5, 0.6) is 0 Å². The van der Waals surface area contributed by atoms with Gasteiger partial charge in [-0.05, 0) is 54.1 Å². The summed E-state index contributed by atoms with van der Waals surface area (Å²) in [5, 5.41) is 1.39. The molecule has 1 unspecified atom stereocenters. The van der Waals surface area contributed by atoms with E-state index in [0.29, 0.717) is 16.5 Å². The van der Waals surface area contributed by atoms with Gasteiger partial charge in [-0.15, -0.1) is 11.8 Å². The van der Waals surface area contributed by atoms with Gasteiger partial charge in [-0.2, -0.15) is 0 Å². The number of nitrogens with two attached hydrogens (primary N) is 1. The Kier molecular flexibility index (Phi) is 5.17. The molecule has 1 nitrogen and oxygen atoms in total. The molecule has 0 aromatic heterocycles. The number of rotatable bonds is 4. The van der Waals surface area contributed by atoms with Crippen molar-refractivity contribution in [2.45, 2.75) is 17.4 Å². The number of hydrogen-bond acceptors (Lipinski definition) is 2. The van der Waals surface area contributed by atoms with Crippen LogP contribution in [0.15, 0.2) is 47.4 Å². The van der Waals surface area contributed by atoms with Crippen LogP contribution in [0.3, 0.4) is 0 Å². The molecule has 0 bridgehead atoms. The van der Waals surface area contributed by atoms with Gasteiger partial charge < -0.3 is 5.73 Å². The van der Waals surface area contributed by atoms with Crippen LogP contribution in [0, 0.1) is 0 Å². The zero-order valence-corrected chi connectivity index (χ0v) is 12.9. The Hall–Kier alpha value is -0.670. The van der Waals surface area contributed by atoms with Crippen molar-refractivity contribution in [3.8, 4) is 0 Å². The van der Waals surface area contributed by atoms with E-state index in [1.807, 2.05) is 12.1 Å². The number of thioether (sulfide) groups is 1. The number of benzene rings is 2. The zero-order valence-electron chi connectivity index (χ0n) is 10.6. The Labute approximate surface area is 128 Å². The predicted molar refractivity (Wildman–Crippen MR) is 85.3 cm³/mol. The van der Waals surface area contributed by atoms with E-state index in [4.69, 9.17) is 28.9 Å². The molecule has 19 heavy (non-hydrogen) atoms. The summed E-state index contributed by atoms with van der Waals surface area (Å²) in [5.74, 6) is 0. The van der Waals surface area contributed by atoms with Gasteiger partial charge in [-0.1, -0.05) is 35.3 Å². The van der Waals surface area contributed by atoms with E-state index in [2.05, 4.69) is 30.5 Å². The maximum absolute atomic E-state index is 6.23. The number of halogens is 2. The molecule has 2 aromatic carbocycles. The second kappa shape index (κ2) is 6.67. The molecule has 0 radical (unpaired) electrons. The molecule has 0 aliphatic rings. The molecule has 0 saturated carbocycles. The first-order chi connectivity index (χ1) is 9.10. The van der Waals surface area contributed by atoms with E-state index in [-0.39, 0.29) is 6.04 Å². The molecular formula is C15H15Cl2NS. The fourth-order valence-electron chi connectivity index (χ4n) is 1.91. The molecule has 2 aromatic rings. The van der Waals surface area contributed by atoms with Gasteiger partial charge in [0.1, 0.15) is 0 Å². The van der Waals surface area contributed by atoms with Crippen molar-refractivity contribution in [1.29, 1.82) is 0 Å². The van der Waals surface area contributed by atoms with Crippen molar-refractivity contribution < 1.29 is 0 Å². The highest BCUT2D eigenvalue weighted by Gasteiger charge is 2.10. The SMILES string of the molecule is CSc1ccc(C(N)Cc2cc(Cl)ccc2Cl)cc1. The monoisotopic (exact) mass is 311 g/mol. The summed E-state index contributed by atoms with van der Waals surface area (Å²) < 4.78 is 0. The highest BCUT2D eigenvalue weighted by molar-refractivity contribution is 7.98. The molecule has 0 saturated heterocycles. The first kappa shape index (κ1) is 14.7. The van der Waals surface area contributed by atoms with Crippen molar-refractivity contribution in [1.82, 2.24) is 0 Å². The maximum Gasteiger partial charge on any atom is 0.0439 e. The lowest BCUT2D eigenvalue weighted by molar-refractivity contribution is 0.721. The Morgan fingerprint density at radius 1 is 1.11 bits per heavy atom. The summed E-state index contributed by atoms with van der Waals surface area (Å²) in [6.07, 6.45) is 2.73. The number of hydrogen-bond donors (Lipinski definition) is 1. The first-order valence-electron chi connectivity index (χ1n) is 5.93. The average Bonchev–Trinajstić information content (AvgIpc) is 2.43. The summed E-state index contributed by atoms with van der Waals surface area (Å²) in [6.45, 7) is 0.